The highest BCUT2D eigenvalue weighted by Gasteiger charge is 2.16. The lowest BCUT2D eigenvalue weighted by Crippen LogP contribution is -1.95. The molecule has 0 saturated carbocycles. The van der Waals surface area contributed by atoms with Gasteiger partial charge in [-0.2, -0.15) is 6.20 Å². The highest BCUT2D eigenvalue weighted by Crippen LogP contribution is 2.44. The summed E-state index contributed by atoms with van der Waals surface area (Å²) in [5.74, 6) is 0. The van der Waals surface area contributed by atoms with Crippen molar-refractivity contribution in [3.8, 4) is 22.3 Å². The van der Waals surface area contributed by atoms with Crippen molar-refractivity contribution >= 4 is 37.9 Å². The zero-order valence-corrected chi connectivity index (χ0v) is 20.8. The Kier molecular flexibility index (Phi) is 5.15. The van der Waals surface area contributed by atoms with Crippen LogP contribution in [0.5, 0.6) is 0 Å². The maximum Gasteiger partial charge on any atom is -0.00262 e. The summed E-state index contributed by atoms with van der Waals surface area (Å²) in [5, 5.41) is 12.2. The van der Waals surface area contributed by atoms with Crippen molar-refractivity contribution in [2.45, 2.75) is 6.92 Å². The van der Waals surface area contributed by atoms with Crippen molar-refractivity contribution in [2.24, 2.45) is 0 Å². The van der Waals surface area contributed by atoms with E-state index >= 15 is 0 Å². The van der Waals surface area contributed by atoms with Gasteiger partial charge >= 0.3 is 0 Å². The van der Waals surface area contributed by atoms with Gasteiger partial charge in [-0.05, 0) is 73.1 Å². The molecule has 0 amide bonds. The van der Waals surface area contributed by atoms with Gasteiger partial charge in [0, 0.05) is 0 Å². The quantitative estimate of drug-likeness (QED) is 0.227. The normalized spacial score (nSPS) is 13.4. The van der Waals surface area contributed by atoms with Gasteiger partial charge in [0.25, 0.3) is 0 Å². The van der Waals surface area contributed by atoms with E-state index in [2.05, 4.69) is 134 Å². The number of fused-ring (bicyclic) bond motifs is 3. The van der Waals surface area contributed by atoms with Crippen LogP contribution in [-0.2, 0) is 0 Å². The number of benzene rings is 6. The Balaban J connectivity index is 1.47. The Morgan fingerprint density at radius 3 is 1.65 bits per heavy atom. The summed E-state index contributed by atoms with van der Waals surface area (Å²) in [6, 6.07) is 42.2. The zero-order valence-electron chi connectivity index (χ0n) is 20.8. The molecule has 6 aromatic carbocycles. The van der Waals surface area contributed by atoms with Crippen LogP contribution >= 0.6 is 0 Å². The lowest BCUT2D eigenvalue weighted by atomic mass is 9.85. The Labute approximate surface area is 217 Å². The minimum atomic E-state index is 0.739. The Hall–Kier alpha value is -4.62. The third-order valence-corrected chi connectivity index (χ3v) is 7.47. The molecule has 0 spiro atoms. The van der Waals surface area contributed by atoms with E-state index in [-0.39, 0.29) is 0 Å². The van der Waals surface area contributed by atoms with Crippen LogP contribution in [0.15, 0.2) is 133 Å². The molecule has 0 fully saturated rings. The average Bonchev–Trinajstić information content (AvgIpc) is 2.96. The summed E-state index contributed by atoms with van der Waals surface area (Å²) >= 11 is 0. The van der Waals surface area contributed by atoms with Crippen molar-refractivity contribution in [3.05, 3.63) is 144 Å². The number of hydrogen-bond donors (Lipinski definition) is 0. The largest absolute Gasteiger partial charge is 0.687 e. The first-order valence-electron chi connectivity index (χ1n) is 12.8. The Morgan fingerprint density at radius 2 is 1.03 bits per heavy atom. The van der Waals surface area contributed by atoms with E-state index in [4.69, 9.17) is 0 Å². The number of nitrogens with zero attached hydrogens (tertiary/aromatic N) is 1. The van der Waals surface area contributed by atoms with Crippen LogP contribution in [-0.4, -0.2) is 6.54 Å². The summed E-state index contributed by atoms with van der Waals surface area (Å²) in [7, 11) is 0. The number of hydrogen-bond acceptors (Lipinski definition) is 0. The molecule has 37 heavy (non-hydrogen) atoms. The van der Waals surface area contributed by atoms with Gasteiger partial charge in [0.2, 0.25) is 0 Å². The number of allylic oxidation sites excluding steroid dienone is 2. The fourth-order valence-electron chi connectivity index (χ4n) is 5.77. The Morgan fingerprint density at radius 1 is 0.514 bits per heavy atom. The van der Waals surface area contributed by atoms with Crippen LogP contribution in [0, 0.1) is 0 Å². The molecule has 0 unspecified atom stereocenters. The molecule has 1 heteroatoms. The van der Waals surface area contributed by atoms with Gasteiger partial charge in [-0.1, -0.05) is 126 Å². The molecule has 0 aliphatic carbocycles. The third kappa shape index (κ3) is 3.72. The molecule has 176 valence electrons. The van der Waals surface area contributed by atoms with Crippen molar-refractivity contribution in [2.75, 3.05) is 6.54 Å². The molecular weight excluding hydrogens is 446 g/mol. The van der Waals surface area contributed by atoms with E-state index in [1.54, 1.807) is 0 Å². The van der Waals surface area contributed by atoms with E-state index < -0.39 is 0 Å². The molecule has 0 atom stereocenters. The van der Waals surface area contributed by atoms with Gasteiger partial charge in [0.1, 0.15) is 0 Å². The SMILES string of the molecule is CC1=C[N-]CC(c2ccc(-c3c4ccccc4c(-c4ccc5ccccc5c4)c4ccccc34)cc2)=C1. The van der Waals surface area contributed by atoms with Gasteiger partial charge in [-0.25, -0.2) is 0 Å². The molecule has 6 aromatic rings. The molecule has 1 nitrogen and oxygen atoms in total. The first-order valence-corrected chi connectivity index (χ1v) is 12.8. The lowest BCUT2D eigenvalue weighted by Gasteiger charge is -2.24. The number of rotatable bonds is 3. The van der Waals surface area contributed by atoms with Crippen molar-refractivity contribution in [1.82, 2.24) is 0 Å². The first kappa shape index (κ1) is 21.6. The molecule has 0 N–H and O–H groups in total. The fraction of sp³-hybridized carbons (Fsp3) is 0.0556. The molecule has 0 aromatic heterocycles. The highest BCUT2D eigenvalue weighted by atomic mass is 14.8. The van der Waals surface area contributed by atoms with Gasteiger partial charge < -0.3 is 5.32 Å². The summed E-state index contributed by atoms with van der Waals surface area (Å²) in [5.41, 5.74) is 8.79. The van der Waals surface area contributed by atoms with E-state index in [1.165, 1.54) is 71.3 Å². The maximum absolute atomic E-state index is 4.51. The summed E-state index contributed by atoms with van der Waals surface area (Å²) in [6.45, 7) is 2.84. The zero-order chi connectivity index (χ0) is 24.8. The molecule has 0 radical (unpaired) electrons. The van der Waals surface area contributed by atoms with Gasteiger partial charge in [-0.3, -0.25) is 0 Å². The van der Waals surface area contributed by atoms with Crippen LogP contribution in [0.25, 0.3) is 65.5 Å². The van der Waals surface area contributed by atoms with Crippen LogP contribution in [0.4, 0.5) is 0 Å². The molecule has 1 aliphatic rings. The van der Waals surface area contributed by atoms with Crippen LogP contribution in [0.2, 0.25) is 0 Å². The van der Waals surface area contributed by atoms with E-state index in [0.717, 1.165) is 6.54 Å². The van der Waals surface area contributed by atoms with E-state index in [1.807, 2.05) is 6.20 Å². The lowest BCUT2D eigenvalue weighted by molar-refractivity contribution is 1.34. The van der Waals surface area contributed by atoms with Crippen molar-refractivity contribution in [1.29, 1.82) is 0 Å². The second-order valence-electron chi connectivity index (χ2n) is 9.86. The summed E-state index contributed by atoms with van der Waals surface area (Å²) in [4.78, 5) is 0. The smallest absolute Gasteiger partial charge is 0.00262 e. The van der Waals surface area contributed by atoms with E-state index in [0.29, 0.717) is 0 Å². The second kappa shape index (κ2) is 8.80. The molecular formula is C36H26N-. The summed E-state index contributed by atoms with van der Waals surface area (Å²) < 4.78 is 0. The van der Waals surface area contributed by atoms with Gasteiger partial charge in [0.15, 0.2) is 0 Å². The Bertz CT molecular complexity index is 1810. The van der Waals surface area contributed by atoms with E-state index in [9.17, 15) is 0 Å². The second-order valence-corrected chi connectivity index (χ2v) is 9.86. The topological polar surface area (TPSA) is 14.1 Å². The molecule has 0 bridgehead atoms. The predicted molar refractivity (Wildman–Crippen MR) is 160 cm³/mol. The maximum atomic E-state index is 4.51. The van der Waals surface area contributed by atoms with Gasteiger partial charge in [-0.15, -0.1) is 6.54 Å². The minimum absolute atomic E-state index is 0.739. The van der Waals surface area contributed by atoms with Crippen LogP contribution in [0.1, 0.15) is 12.5 Å². The highest BCUT2D eigenvalue weighted by molar-refractivity contribution is 6.21. The molecule has 1 aliphatic heterocycles. The standard InChI is InChI=1S/C36H26N/c1-24-20-30(23-37-22-24)26-14-17-27(18-15-26)35-31-10-4-6-12-33(31)36(34-13-7-5-11-32(34)35)29-19-16-25-8-2-3-9-28(25)21-29/h2-22H,23H2,1H3/q-1. The molecule has 0 saturated heterocycles. The van der Waals surface area contributed by atoms with Gasteiger partial charge in [0.05, 0.1) is 0 Å². The van der Waals surface area contributed by atoms with Crippen LogP contribution < -0.4 is 0 Å². The summed E-state index contributed by atoms with van der Waals surface area (Å²) in [6.07, 6.45) is 4.19. The monoisotopic (exact) mass is 472 g/mol. The first-order chi connectivity index (χ1) is 18.3. The van der Waals surface area contributed by atoms with Crippen molar-refractivity contribution in [3.63, 3.8) is 0 Å². The average molecular weight is 473 g/mol. The fourth-order valence-corrected chi connectivity index (χ4v) is 5.77. The third-order valence-electron chi connectivity index (χ3n) is 7.47. The molecule has 1 heterocycles. The van der Waals surface area contributed by atoms with Crippen LogP contribution in [0.3, 0.4) is 0 Å². The minimum Gasteiger partial charge on any atom is -0.687 e. The molecule has 7 rings (SSSR count). The van der Waals surface area contributed by atoms with Crippen molar-refractivity contribution < 1.29 is 0 Å². The predicted octanol–water partition coefficient (Wildman–Crippen LogP) is 10.2.